The minimum absolute atomic E-state index is 0.759. The van der Waals surface area contributed by atoms with Gasteiger partial charge in [-0.1, -0.05) is 95.7 Å². The van der Waals surface area contributed by atoms with Gasteiger partial charge < -0.3 is 4.74 Å². The lowest BCUT2D eigenvalue weighted by Crippen LogP contribution is -2.14. The lowest BCUT2D eigenvalue weighted by Gasteiger charge is -2.29. The topological polar surface area (TPSA) is 9.23 Å². The Labute approximate surface area is 198 Å². The summed E-state index contributed by atoms with van der Waals surface area (Å²) in [5.74, 6) is 3.55. The van der Waals surface area contributed by atoms with E-state index in [1.807, 2.05) is 0 Å². The van der Waals surface area contributed by atoms with Crippen molar-refractivity contribution < 1.29 is 4.74 Å². The summed E-state index contributed by atoms with van der Waals surface area (Å²) < 4.78 is 5.96. The Kier molecular flexibility index (Phi) is 10.7. The third kappa shape index (κ3) is 8.30. The second-order valence-corrected chi connectivity index (χ2v) is 10.5. The molecule has 0 aromatic heterocycles. The van der Waals surface area contributed by atoms with Crippen LogP contribution in [0.5, 0.6) is 5.75 Å². The van der Waals surface area contributed by atoms with Gasteiger partial charge in [-0.25, -0.2) is 0 Å². The molecule has 0 amide bonds. The zero-order valence-corrected chi connectivity index (χ0v) is 21.0. The molecule has 0 bridgehead atoms. The third-order valence-corrected chi connectivity index (χ3v) is 7.24. The van der Waals surface area contributed by atoms with Gasteiger partial charge in [0, 0.05) is 0 Å². The summed E-state index contributed by atoms with van der Waals surface area (Å²) in [4.78, 5) is 0. The third-order valence-electron chi connectivity index (χ3n) is 7.24. The summed E-state index contributed by atoms with van der Waals surface area (Å²) in [5, 5.41) is 0. The van der Waals surface area contributed by atoms with Crippen LogP contribution < -0.4 is 4.74 Å². The molecule has 1 nitrogen and oxygen atoms in total. The number of ether oxygens (including phenoxy) is 1. The predicted octanol–water partition coefficient (Wildman–Crippen LogP) is 9.80. The molecule has 0 aliphatic heterocycles. The first-order chi connectivity index (χ1) is 15.7. The van der Waals surface area contributed by atoms with E-state index >= 15 is 0 Å². The van der Waals surface area contributed by atoms with Gasteiger partial charge in [0.05, 0.1) is 6.61 Å². The quantitative estimate of drug-likeness (QED) is 0.285. The van der Waals surface area contributed by atoms with E-state index in [-0.39, 0.29) is 0 Å². The van der Waals surface area contributed by atoms with Crippen LogP contribution in [0, 0.1) is 11.8 Å². The van der Waals surface area contributed by atoms with Gasteiger partial charge in [0.2, 0.25) is 0 Å². The number of benzene rings is 2. The molecule has 0 saturated heterocycles. The molecule has 0 heterocycles. The van der Waals surface area contributed by atoms with Crippen molar-refractivity contribution in [3.63, 3.8) is 0 Å². The van der Waals surface area contributed by atoms with Gasteiger partial charge in [-0.2, -0.15) is 0 Å². The monoisotopic (exact) mass is 434 g/mol. The first-order valence-electron chi connectivity index (χ1n) is 13.5. The lowest BCUT2D eigenvalue weighted by atomic mass is 9.76. The molecule has 2 aromatic rings. The van der Waals surface area contributed by atoms with Gasteiger partial charge in [-0.05, 0) is 85.1 Å². The van der Waals surface area contributed by atoms with Crippen molar-refractivity contribution in [2.45, 2.75) is 104 Å². The summed E-state index contributed by atoms with van der Waals surface area (Å²) in [5.41, 5.74) is 4.12. The number of rotatable bonds is 13. The maximum absolute atomic E-state index is 5.96. The Morgan fingerprint density at radius 2 is 1.28 bits per heavy atom. The van der Waals surface area contributed by atoms with E-state index < -0.39 is 0 Å². The van der Waals surface area contributed by atoms with Crippen molar-refractivity contribution in [1.29, 1.82) is 0 Å². The van der Waals surface area contributed by atoms with E-state index in [2.05, 4.69) is 69.3 Å². The van der Waals surface area contributed by atoms with Gasteiger partial charge in [0.15, 0.2) is 0 Å². The van der Waals surface area contributed by atoms with Gasteiger partial charge in [0.25, 0.3) is 0 Å². The van der Waals surface area contributed by atoms with Crippen molar-refractivity contribution in [3.8, 4) is 16.9 Å². The van der Waals surface area contributed by atoms with Crippen LogP contribution in [0.4, 0.5) is 0 Å². The molecule has 1 aliphatic rings. The molecule has 32 heavy (non-hydrogen) atoms. The van der Waals surface area contributed by atoms with Crippen LogP contribution in [-0.4, -0.2) is 6.61 Å². The molecule has 176 valence electrons. The molecule has 2 aromatic carbocycles. The van der Waals surface area contributed by atoms with Gasteiger partial charge in [-0.15, -0.1) is 0 Å². The molecule has 1 heteroatoms. The Balaban J connectivity index is 1.40. The van der Waals surface area contributed by atoms with E-state index in [0.29, 0.717) is 0 Å². The van der Waals surface area contributed by atoms with Crippen LogP contribution in [0.1, 0.15) is 109 Å². The highest BCUT2D eigenvalue weighted by Gasteiger charge is 2.22. The molecule has 0 spiro atoms. The van der Waals surface area contributed by atoms with Crippen LogP contribution in [-0.2, 0) is 0 Å². The second-order valence-electron chi connectivity index (χ2n) is 10.5. The van der Waals surface area contributed by atoms with Crippen LogP contribution >= 0.6 is 0 Å². The van der Waals surface area contributed by atoms with Gasteiger partial charge >= 0.3 is 0 Å². The van der Waals surface area contributed by atoms with Crippen molar-refractivity contribution >= 4 is 0 Å². The maximum Gasteiger partial charge on any atom is 0.119 e. The molecular formula is C31H46O. The number of hydrogen-bond donors (Lipinski definition) is 0. The van der Waals surface area contributed by atoms with Gasteiger partial charge in [-0.3, -0.25) is 0 Å². The average Bonchev–Trinajstić information content (AvgIpc) is 2.81. The van der Waals surface area contributed by atoms with Crippen molar-refractivity contribution in [1.82, 2.24) is 0 Å². The first-order valence-corrected chi connectivity index (χ1v) is 13.5. The van der Waals surface area contributed by atoms with Crippen LogP contribution in [0.3, 0.4) is 0 Å². The molecule has 0 atom stereocenters. The number of unbranched alkanes of at least 4 members (excludes halogenated alkanes) is 6. The first kappa shape index (κ1) is 24.9. The minimum Gasteiger partial charge on any atom is -0.494 e. The van der Waals surface area contributed by atoms with E-state index in [4.69, 9.17) is 4.74 Å². The maximum atomic E-state index is 5.96. The summed E-state index contributed by atoms with van der Waals surface area (Å²) in [6.07, 6.45) is 16.2. The zero-order chi connectivity index (χ0) is 22.6. The predicted molar refractivity (Wildman–Crippen MR) is 140 cm³/mol. The summed E-state index contributed by atoms with van der Waals surface area (Å²) in [6, 6.07) is 18.0. The molecule has 3 rings (SSSR count). The summed E-state index contributed by atoms with van der Waals surface area (Å²) >= 11 is 0. The molecule has 0 N–H and O–H groups in total. The van der Waals surface area contributed by atoms with Crippen molar-refractivity contribution in [2.24, 2.45) is 11.8 Å². The SMILES string of the molecule is CCCCCCCCCOc1ccc(-c2ccc(C3CCC(CC(C)C)CC3)cc2)cc1. The molecule has 1 aliphatic carbocycles. The largest absolute Gasteiger partial charge is 0.494 e. The smallest absolute Gasteiger partial charge is 0.119 e. The van der Waals surface area contributed by atoms with E-state index in [0.717, 1.165) is 36.5 Å². The fourth-order valence-corrected chi connectivity index (χ4v) is 5.34. The summed E-state index contributed by atoms with van der Waals surface area (Å²) in [6.45, 7) is 7.83. The van der Waals surface area contributed by atoms with Gasteiger partial charge in [0.1, 0.15) is 5.75 Å². The standard InChI is InChI=1S/C31H46O/c1-4-5-6-7-8-9-10-23-32-31-21-19-30(20-22-31)29-17-15-28(16-18-29)27-13-11-26(12-14-27)24-25(2)3/h15-22,25-27H,4-14,23-24H2,1-3H3. The lowest BCUT2D eigenvalue weighted by molar-refractivity contribution is 0.283. The summed E-state index contributed by atoms with van der Waals surface area (Å²) in [7, 11) is 0. The Morgan fingerprint density at radius 1 is 0.719 bits per heavy atom. The van der Waals surface area contributed by atoms with Crippen LogP contribution in [0.25, 0.3) is 11.1 Å². The average molecular weight is 435 g/mol. The molecular weight excluding hydrogens is 388 g/mol. The highest BCUT2D eigenvalue weighted by atomic mass is 16.5. The Hall–Kier alpha value is -1.76. The second kappa shape index (κ2) is 13.7. The molecule has 1 fully saturated rings. The molecule has 0 radical (unpaired) electrons. The normalized spacial score (nSPS) is 18.8. The zero-order valence-electron chi connectivity index (χ0n) is 21.0. The van der Waals surface area contributed by atoms with Crippen molar-refractivity contribution in [2.75, 3.05) is 6.61 Å². The Morgan fingerprint density at radius 3 is 1.88 bits per heavy atom. The molecule has 0 unspecified atom stereocenters. The number of hydrogen-bond acceptors (Lipinski definition) is 1. The molecule has 1 saturated carbocycles. The van der Waals surface area contributed by atoms with E-state index in [9.17, 15) is 0 Å². The highest BCUT2D eigenvalue weighted by molar-refractivity contribution is 5.64. The Bertz CT molecular complexity index is 735. The minimum atomic E-state index is 0.759. The van der Waals surface area contributed by atoms with Crippen molar-refractivity contribution in [3.05, 3.63) is 54.1 Å². The van der Waals surface area contributed by atoms with Crippen LogP contribution in [0.2, 0.25) is 0 Å². The fourth-order valence-electron chi connectivity index (χ4n) is 5.34. The van der Waals surface area contributed by atoms with E-state index in [1.165, 1.54) is 87.3 Å². The van der Waals surface area contributed by atoms with E-state index in [1.54, 1.807) is 0 Å². The van der Waals surface area contributed by atoms with Crippen LogP contribution in [0.15, 0.2) is 48.5 Å². The fraction of sp³-hybridized carbons (Fsp3) is 0.613. The highest BCUT2D eigenvalue weighted by Crippen LogP contribution is 2.38.